The zero-order chi connectivity index (χ0) is 18.0. The number of halogens is 3. The van der Waals surface area contributed by atoms with Gasteiger partial charge in [0.1, 0.15) is 0 Å². The van der Waals surface area contributed by atoms with E-state index in [9.17, 15) is 18.0 Å². The molecule has 3 rings (SSSR count). The summed E-state index contributed by atoms with van der Waals surface area (Å²) >= 11 is 0. The van der Waals surface area contributed by atoms with Gasteiger partial charge in [-0.05, 0) is 42.4 Å². The van der Waals surface area contributed by atoms with Gasteiger partial charge in [-0.25, -0.2) is 0 Å². The first-order chi connectivity index (χ1) is 11.8. The molecular formula is C19H17F3N2O. The Morgan fingerprint density at radius 3 is 2.52 bits per heavy atom. The molecule has 0 radical (unpaired) electrons. The van der Waals surface area contributed by atoms with Gasteiger partial charge in [0.2, 0.25) is 0 Å². The minimum absolute atomic E-state index is 0.00834. The van der Waals surface area contributed by atoms with Gasteiger partial charge in [-0.1, -0.05) is 18.2 Å². The number of hydrogen-bond acceptors (Lipinski definition) is 3. The van der Waals surface area contributed by atoms with Crippen molar-refractivity contribution in [1.29, 1.82) is 0 Å². The highest BCUT2D eigenvalue weighted by atomic mass is 19.4. The van der Waals surface area contributed by atoms with Crippen LogP contribution in [-0.4, -0.2) is 35.8 Å². The lowest BCUT2D eigenvalue weighted by molar-refractivity contribution is -0.137. The van der Waals surface area contributed by atoms with Crippen molar-refractivity contribution in [2.24, 2.45) is 0 Å². The summed E-state index contributed by atoms with van der Waals surface area (Å²) < 4.78 is 37.9. The van der Waals surface area contributed by atoms with Gasteiger partial charge in [-0.15, -0.1) is 0 Å². The third-order valence-electron chi connectivity index (χ3n) is 4.23. The molecule has 1 aromatic carbocycles. The summed E-state index contributed by atoms with van der Waals surface area (Å²) in [5.41, 5.74) is 1.31. The van der Waals surface area contributed by atoms with Crippen molar-refractivity contribution in [3.8, 4) is 0 Å². The monoisotopic (exact) mass is 346 g/mol. The summed E-state index contributed by atoms with van der Waals surface area (Å²) in [7, 11) is 1.91. The van der Waals surface area contributed by atoms with Crippen LogP contribution in [0.15, 0.2) is 54.4 Å². The third kappa shape index (κ3) is 3.96. The molecule has 1 fully saturated rings. The lowest BCUT2D eigenvalue weighted by Crippen LogP contribution is -2.38. The highest BCUT2D eigenvalue weighted by Crippen LogP contribution is 2.30. The van der Waals surface area contributed by atoms with Crippen LogP contribution in [-0.2, 0) is 11.0 Å². The van der Waals surface area contributed by atoms with Crippen LogP contribution >= 0.6 is 0 Å². The molecule has 1 aliphatic rings. The van der Waals surface area contributed by atoms with Crippen LogP contribution in [0.3, 0.4) is 0 Å². The predicted octanol–water partition coefficient (Wildman–Crippen LogP) is 3.78. The van der Waals surface area contributed by atoms with E-state index >= 15 is 0 Å². The molecule has 1 atom stereocenters. The fourth-order valence-corrected chi connectivity index (χ4v) is 2.98. The number of likely N-dealkylation sites (tertiary alicyclic amines) is 1. The van der Waals surface area contributed by atoms with E-state index in [1.165, 1.54) is 12.1 Å². The van der Waals surface area contributed by atoms with Gasteiger partial charge < -0.3 is 4.90 Å². The number of Topliss-reactive ketones (excluding diaryl/α,β-unsaturated/α-hetero) is 1. The number of piperidine rings is 1. The Hall–Kier alpha value is -2.47. The Labute approximate surface area is 143 Å². The largest absolute Gasteiger partial charge is 0.416 e. The van der Waals surface area contributed by atoms with Crippen molar-refractivity contribution in [2.75, 3.05) is 20.1 Å². The summed E-state index contributed by atoms with van der Waals surface area (Å²) in [4.78, 5) is 18.9. The Bertz CT molecular complexity index is 783. The molecule has 1 aromatic heterocycles. The van der Waals surface area contributed by atoms with Crippen molar-refractivity contribution in [2.45, 2.75) is 12.1 Å². The lowest BCUT2D eigenvalue weighted by atomic mass is 9.86. The number of nitrogens with zero attached hydrogens (tertiary/aromatic N) is 2. The maximum Gasteiger partial charge on any atom is 0.416 e. The number of carbonyl (C=O) groups is 1. The van der Waals surface area contributed by atoms with Crippen molar-refractivity contribution < 1.29 is 18.0 Å². The standard InChI is InChI=1S/C19H17F3N2O/c1-24-11-15(9-13-4-6-16(7-5-13)19(20,21)22)18(25)17(12-24)14-3-2-8-23-10-14/h2-10,17H,11-12H2,1H3. The van der Waals surface area contributed by atoms with Crippen LogP contribution in [0.5, 0.6) is 0 Å². The first-order valence-corrected chi connectivity index (χ1v) is 7.85. The van der Waals surface area contributed by atoms with Crippen molar-refractivity contribution in [1.82, 2.24) is 9.88 Å². The van der Waals surface area contributed by atoms with Gasteiger partial charge in [-0.3, -0.25) is 9.78 Å². The van der Waals surface area contributed by atoms with E-state index in [1.54, 1.807) is 24.5 Å². The minimum atomic E-state index is -4.36. The van der Waals surface area contributed by atoms with Gasteiger partial charge in [0, 0.05) is 31.1 Å². The SMILES string of the molecule is CN1CC(=Cc2ccc(C(F)(F)F)cc2)C(=O)C(c2cccnc2)C1. The number of likely N-dealkylation sites (N-methyl/N-ethyl adjacent to an activating group) is 1. The summed E-state index contributed by atoms with van der Waals surface area (Å²) in [6.07, 6.45) is 0.635. The third-order valence-corrected chi connectivity index (χ3v) is 4.23. The van der Waals surface area contributed by atoms with Crippen molar-refractivity contribution >= 4 is 11.9 Å². The normalized spacial score (nSPS) is 20.9. The predicted molar refractivity (Wildman–Crippen MR) is 88.9 cm³/mol. The molecule has 6 heteroatoms. The van der Waals surface area contributed by atoms with Gasteiger partial charge in [0.15, 0.2) is 5.78 Å². The molecule has 1 saturated heterocycles. The number of hydrogen-bond donors (Lipinski definition) is 0. The van der Waals surface area contributed by atoms with Crippen molar-refractivity contribution in [3.05, 3.63) is 71.1 Å². The smallest absolute Gasteiger partial charge is 0.301 e. The van der Waals surface area contributed by atoms with Crippen LogP contribution < -0.4 is 0 Å². The summed E-state index contributed by atoms with van der Waals surface area (Å²) in [5.74, 6) is -0.320. The average molecular weight is 346 g/mol. The number of benzene rings is 1. The Kier molecular flexibility index (Phi) is 4.72. The first-order valence-electron chi connectivity index (χ1n) is 7.85. The number of alkyl halides is 3. The number of rotatable bonds is 2. The van der Waals surface area contributed by atoms with Crippen LogP contribution in [0.25, 0.3) is 6.08 Å². The quantitative estimate of drug-likeness (QED) is 0.776. The van der Waals surface area contributed by atoms with Crippen molar-refractivity contribution in [3.63, 3.8) is 0 Å². The van der Waals surface area contributed by atoms with Gasteiger partial charge in [-0.2, -0.15) is 13.2 Å². The average Bonchev–Trinajstić information content (AvgIpc) is 2.58. The summed E-state index contributed by atoms with van der Waals surface area (Å²) in [6.45, 7) is 1.06. The molecule has 1 aliphatic heterocycles. The van der Waals surface area contributed by atoms with E-state index in [2.05, 4.69) is 4.98 Å². The highest BCUT2D eigenvalue weighted by molar-refractivity contribution is 6.05. The molecule has 130 valence electrons. The minimum Gasteiger partial charge on any atom is -0.301 e. The molecule has 2 heterocycles. The molecule has 2 aromatic rings. The van der Waals surface area contributed by atoms with E-state index in [0.29, 0.717) is 24.2 Å². The van der Waals surface area contributed by atoms with Crippen LogP contribution in [0.1, 0.15) is 22.6 Å². The molecule has 0 N–H and O–H groups in total. The molecule has 0 amide bonds. The van der Waals surface area contributed by atoms with E-state index in [4.69, 9.17) is 0 Å². The molecule has 1 unspecified atom stereocenters. The van der Waals surface area contributed by atoms with E-state index in [-0.39, 0.29) is 11.7 Å². The number of pyridine rings is 1. The molecule has 0 aliphatic carbocycles. The van der Waals surface area contributed by atoms with Crippen LogP contribution in [0.4, 0.5) is 13.2 Å². The topological polar surface area (TPSA) is 33.2 Å². The second-order valence-corrected chi connectivity index (χ2v) is 6.19. The lowest BCUT2D eigenvalue weighted by Gasteiger charge is -2.30. The Morgan fingerprint density at radius 1 is 1.20 bits per heavy atom. The van der Waals surface area contributed by atoms with E-state index < -0.39 is 11.7 Å². The van der Waals surface area contributed by atoms with E-state index in [0.717, 1.165) is 17.7 Å². The Morgan fingerprint density at radius 2 is 1.92 bits per heavy atom. The number of ketones is 1. The van der Waals surface area contributed by atoms with Gasteiger partial charge >= 0.3 is 6.18 Å². The fourth-order valence-electron chi connectivity index (χ4n) is 2.98. The maximum atomic E-state index is 12.8. The fraction of sp³-hybridized carbons (Fsp3) is 0.263. The number of aromatic nitrogens is 1. The molecule has 0 bridgehead atoms. The zero-order valence-corrected chi connectivity index (χ0v) is 13.6. The first kappa shape index (κ1) is 17.4. The second kappa shape index (κ2) is 6.80. The van der Waals surface area contributed by atoms with Crippen LogP contribution in [0, 0.1) is 0 Å². The maximum absolute atomic E-state index is 12.8. The molecule has 0 saturated carbocycles. The van der Waals surface area contributed by atoms with Crippen LogP contribution in [0.2, 0.25) is 0 Å². The molecule has 0 spiro atoms. The number of carbonyl (C=O) groups excluding carboxylic acids is 1. The highest BCUT2D eigenvalue weighted by Gasteiger charge is 2.31. The van der Waals surface area contributed by atoms with Gasteiger partial charge in [0.05, 0.1) is 11.5 Å². The summed E-state index contributed by atoms with van der Waals surface area (Å²) in [5, 5.41) is 0. The molecule has 3 nitrogen and oxygen atoms in total. The zero-order valence-electron chi connectivity index (χ0n) is 13.6. The molecule has 25 heavy (non-hydrogen) atoms. The van der Waals surface area contributed by atoms with Gasteiger partial charge in [0.25, 0.3) is 0 Å². The second-order valence-electron chi connectivity index (χ2n) is 6.19. The molecular weight excluding hydrogens is 329 g/mol. The van der Waals surface area contributed by atoms with E-state index in [1.807, 2.05) is 18.0 Å². The Balaban J connectivity index is 1.88. The summed E-state index contributed by atoms with van der Waals surface area (Å²) in [6, 6.07) is 8.48.